The van der Waals surface area contributed by atoms with E-state index in [1.54, 1.807) is 7.05 Å². The van der Waals surface area contributed by atoms with Gasteiger partial charge >= 0.3 is 6.18 Å². The molecule has 0 aromatic carbocycles. The highest BCUT2D eigenvalue weighted by Gasteiger charge is 2.31. The van der Waals surface area contributed by atoms with Gasteiger partial charge in [0, 0.05) is 13.6 Å². The number of hydrogen-bond donors (Lipinski definition) is 2. The van der Waals surface area contributed by atoms with Gasteiger partial charge in [0.2, 0.25) is 0 Å². The van der Waals surface area contributed by atoms with Gasteiger partial charge in [-0.3, -0.25) is 0 Å². The van der Waals surface area contributed by atoms with E-state index in [4.69, 9.17) is 0 Å². The molecule has 0 amide bonds. The first-order chi connectivity index (χ1) is 8.49. The van der Waals surface area contributed by atoms with E-state index in [1.165, 1.54) is 12.8 Å². The molecule has 1 saturated carbocycles. The van der Waals surface area contributed by atoms with E-state index >= 15 is 0 Å². The highest BCUT2D eigenvalue weighted by atomic mass is 19.4. The minimum absolute atomic E-state index is 0.221. The van der Waals surface area contributed by atoms with Gasteiger partial charge in [0.15, 0.2) is 0 Å². The van der Waals surface area contributed by atoms with E-state index < -0.39 is 11.7 Å². The van der Waals surface area contributed by atoms with Crippen LogP contribution in [0.3, 0.4) is 0 Å². The van der Waals surface area contributed by atoms with Crippen molar-refractivity contribution in [3.8, 4) is 0 Å². The topological polar surface area (TPSA) is 37.0 Å². The van der Waals surface area contributed by atoms with Crippen LogP contribution in [0.4, 0.5) is 24.8 Å². The maximum absolute atomic E-state index is 12.7. The third kappa shape index (κ3) is 3.51. The first-order valence-electron chi connectivity index (χ1n) is 6.00. The second kappa shape index (κ2) is 5.04. The summed E-state index contributed by atoms with van der Waals surface area (Å²) in [7, 11) is 1.55. The fraction of sp³-hybridized carbons (Fsp3) is 0.583. The fourth-order valence-corrected chi connectivity index (χ4v) is 1.72. The molecule has 1 heterocycles. The van der Waals surface area contributed by atoms with Gasteiger partial charge in [0.1, 0.15) is 11.6 Å². The Hall–Kier alpha value is -1.46. The van der Waals surface area contributed by atoms with Gasteiger partial charge in [-0.25, -0.2) is 4.98 Å². The number of aromatic nitrogens is 1. The molecule has 0 unspecified atom stereocenters. The number of anilines is 2. The van der Waals surface area contributed by atoms with Crippen molar-refractivity contribution in [1.29, 1.82) is 0 Å². The predicted octanol–water partition coefficient (Wildman–Crippen LogP) is 3.35. The van der Waals surface area contributed by atoms with E-state index in [9.17, 15) is 13.2 Å². The van der Waals surface area contributed by atoms with Crippen molar-refractivity contribution >= 4 is 11.6 Å². The third-order valence-electron chi connectivity index (χ3n) is 2.96. The lowest BCUT2D eigenvalue weighted by atomic mass is 10.2. The molecule has 100 valence electrons. The van der Waals surface area contributed by atoms with Crippen LogP contribution in [0.2, 0.25) is 0 Å². The van der Waals surface area contributed by atoms with E-state index in [0.717, 1.165) is 24.5 Å². The second-order valence-electron chi connectivity index (χ2n) is 4.53. The van der Waals surface area contributed by atoms with Crippen molar-refractivity contribution in [3.05, 3.63) is 17.7 Å². The van der Waals surface area contributed by atoms with Gasteiger partial charge in [-0.2, -0.15) is 13.2 Å². The number of alkyl halides is 3. The average Bonchev–Trinajstić information content (AvgIpc) is 3.11. The number of nitrogens with zero attached hydrogens (tertiary/aromatic N) is 1. The Kier molecular flexibility index (Phi) is 3.63. The number of rotatable bonds is 5. The smallest absolute Gasteiger partial charge is 0.373 e. The molecule has 0 atom stereocenters. The van der Waals surface area contributed by atoms with Crippen LogP contribution in [-0.4, -0.2) is 18.6 Å². The van der Waals surface area contributed by atoms with Crippen LogP contribution in [0, 0.1) is 5.92 Å². The Balaban J connectivity index is 2.07. The van der Waals surface area contributed by atoms with Crippen LogP contribution in [-0.2, 0) is 6.18 Å². The summed E-state index contributed by atoms with van der Waals surface area (Å²) in [6.07, 6.45) is -0.882. The molecule has 2 rings (SSSR count). The van der Waals surface area contributed by atoms with Gasteiger partial charge < -0.3 is 10.6 Å². The Labute approximate surface area is 104 Å². The van der Waals surface area contributed by atoms with Gasteiger partial charge in [-0.15, -0.1) is 0 Å². The van der Waals surface area contributed by atoms with Gasteiger partial charge in [-0.05, 0) is 24.5 Å². The van der Waals surface area contributed by atoms with E-state index in [1.807, 2.05) is 0 Å². The van der Waals surface area contributed by atoms with Gasteiger partial charge in [0.25, 0.3) is 0 Å². The minimum atomic E-state index is -4.35. The Morgan fingerprint density at radius 3 is 2.50 bits per heavy atom. The summed E-state index contributed by atoms with van der Waals surface area (Å²) in [4.78, 5) is 4.06. The minimum Gasteiger partial charge on any atom is -0.373 e. The molecule has 6 heteroatoms. The quantitative estimate of drug-likeness (QED) is 0.851. The van der Waals surface area contributed by atoms with Crippen LogP contribution in [0.5, 0.6) is 0 Å². The summed E-state index contributed by atoms with van der Waals surface area (Å²) in [5, 5.41) is 5.59. The molecule has 0 saturated heterocycles. The normalized spacial score (nSPS) is 15.6. The zero-order valence-electron chi connectivity index (χ0n) is 10.1. The maximum Gasteiger partial charge on any atom is 0.416 e. The van der Waals surface area contributed by atoms with Crippen LogP contribution < -0.4 is 10.6 Å². The number of pyridine rings is 1. The zero-order valence-corrected chi connectivity index (χ0v) is 10.1. The molecule has 2 N–H and O–H groups in total. The highest BCUT2D eigenvalue weighted by Crippen LogP contribution is 2.33. The summed E-state index contributed by atoms with van der Waals surface area (Å²) in [6.45, 7) is 0.669. The molecule has 18 heavy (non-hydrogen) atoms. The number of halogens is 3. The van der Waals surface area contributed by atoms with E-state index in [2.05, 4.69) is 15.6 Å². The molecule has 1 aliphatic carbocycles. The lowest BCUT2D eigenvalue weighted by molar-refractivity contribution is -0.137. The van der Waals surface area contributed by atoms with Crippen molar-refractivity contribution < 1.29 is 13.2 Å². The summed E-state index contributed by atoms with van der Waals surface area (Å²) in [5.41, 5.74) is -0.684. The largest absolute Gasteiger partial charge is 0.416 e. The molecule has 1 aliphatic rings. The average molecular weight is 259 g/mol. The standard InChI is InChI=1S/C12H16F3N3/c1-16-10-6-9(12(13,14)15)7-11(18-10)17-5-4-8-2-3-8/h6-8H,2-5H2,1H3,(H2,16,17,18). The first kappa shape index (κ1) is 13.0. The van der Waals surface area contributed by atoms with Crippen LogP contribution in [0.1, 0.15) is 24.8 Å². The summed E-state index contributed by atoms with van der Waals surface area (Å²) >= 11 is 0. The molecule has 0 radical (unpaired) electrons. The Morgan fingerprint density at radius 2 is 1.94 bits per heavy atom. The molecule has 0 spiro atoms. The molecular formula is C12H16F3N3. The highest BCUT2D eigenvalue weighted by molar-refractivity contribution is 5.49. The molecular weight excluding hydrogens is 243 g/mol. The first-order valence-corrected chi connectivity index (χ1v) is 6.00. The Bertz CT molecular complexity index is 414. The summed E-state index contributed by atoms with van der Waals surface area (Å²) < 4.78 is 38.0. The molecule has 3 nitrogen and oxygen atoms in total. The van der Waals surface area contributed by atoms with Gasteiger partial charge in [-0.1, -0.05) is 12.8 Å². The Morgan fingerprint density at radius 1 is 1.28 bits per heavy atom. The summed E-state index contributed by atoms with van der Waals surface area (Å²) in [6, 6.07) is 2.06. The SMILES string of the molecule is CNc1cc(C(F)(F)F)cc(NCCC2CC2)n1. The molecule has 1 aromatic rings. The van der Waals surface area contributed by atoms with Crippen molar-refractivity contribution in [2.45, 2.75) is 25.4 Å². The summed E-state index contributed by atoms with van der Waals surface area (Å²) in [5.74, 6) is 1.24. The van der Waals surface area contributed by atoms with Crippen molar-refractivity contribution in [1.82, 2.24) is 4.98 Å². The molecule has 0 aliphatic heterocycles. The number of nitrogens with one attached hydrogen (secondary N) is 2. The van der Waals surface area contributed by atoms with Gasteiger partial charge in [0.05, 0.1) is 5.56 Å². The van der Waals surface area contributed by atoms with Crippen molar-refractivity contribution in [3.63, 3.8) is 0 Å². The number of hydrogen-bond acceptors (Lipinski definition) is 3. The molecule has 1 aromatic heterocycles. The van der Waals surface area contributed by atoms with E-state index in [0.29, 0.717) is 6.54 Å². The predicted molar refractivity (Wildman–Crippen MR) is 64.6 cm³/mol. The fourth-order valence-electron chi connectivity index (χ4n) is 1.72. The maximum atomic E-state index is 12.7. The van der Waals surface area contributed by atoms with Crippen LogP contribution in [0.15, 0.2) is 12.1 Å². The lowest BCUT2D eigenvalue weighted by Gasteiger charge is -2.12. The lowest BCUT2D eigenvalue weighted by Crippen LogP contribution is -2.10. The zero-order chi connectivity index (χ0) is 13.2. The van der Waals surface area contributed by atoms with Crippen LogP contribution >= 0.6 is 0 Å². The molecule has 0 bridgehead atoms. The van der Waals surface area contributed by atoms with E-state index in [-0.39, 0.29) is 11.6 Å². The second-order valence-corrected chi connectivity index (χ2v) is 4.53. The monoisotopic (exact) mass is 259 g/mol. The third-order valence-corrected chi connectivity index (χ3v) is 2.96. The van der Waals surface area contributed by atoms with Crippen molar-refractivity contribution in [2.75, 3.05) is 24.2 Å². The molecule has 1 fully saturated rings. The van der Waals surface area contributed by atoms with Crippen LogP contribution in [0.25, 0.3) is 0 Å². The van der Waals surface area contributed by atoms with Crippen molar-refractivity contribution in [2.24, 2.45) is 5.92 Å².